The van der Waals surface area contributed by atoms with E-state index in [0.29, 0.717) is 18.5 Å². The molecule has 0 bridgehead atoms. The highest BCUT2D eigenvalue weighted by atomic mass is 32.2. The van der Waals surface area contributed by atoms with E-state index in [-0.39, 0.29) is 23.5 Å². The van der Waals surface area contributed by atoms with E-state index in [2.05, 4.69) is 16.0 Å². The molecule has 5 nitrogen and oxygen atoms in total. The van der Waals surface area contributed by atoms with Crippen LogP contribution in [0, 0.1) is 13.8 Å². The highest BCUT2D eigenvalue weighted by molar-refractivity contribution is 7.91. The predicted octanol–water partition coefficient (Wildman–Crippen LogP) is 2.86. The minimum Gasteiger partial charge on any atom is -0.343 e. The standard InChI is InChI=1S/C18H24N2O3S2/c1-4-19(15-7-9-25(22,23)12-15)18(21)17-10-13(2)20(14(17)3)11-16-6-5-8-24-16/h5-6,8,10,15H,4,7,9,11-12H2,1-3H3. The van der Waals surface area contributed by atoms with Gasteiger partial charge in [0, 0.05) is 28.9 Å². The van der Waals surface area contributed by atoms with Gasteiger partial charge in [0.05, 0.1) is 23.6 Å². The molecule has 2 aromatic rings. The van der Waals surface area contributed by atoms with Crippen molar-refractivity contribution >= 4 is 27.1 Å². The molecule has 0 saturated carbocycles. The second-order valence-corrected chi connectivity index (χ2v) is 9.86. The maximum atomic E-state index is 13.1. The molecule has 136 valence electrons. The summed E-state index contributed by atoms with van der Waals surface area (Å²) in [6.07, 6.45) is 0.538. The fourth-order valence-corrected chi connectivity index (χ4v) is 5.99. The van der Waals surface area contributed by atoms with Crippen LogP contribution < -0.4 is 0 Å². The van der Waals surface area contributed by atoms with Crippen LogP contribution in [-0.2, 0) is 16.4 Å². The molecular weight excluding hydrogens is 356 g/mol. The molecule has 1 unspecified atom stereocenters. The van der Waals surface area contributed by atoms with Gasteiger partial charge in [-0.3, -0.25) is 4.79 Å². The Morgan fingerprint density at radius 3 is 2.72 bits per heavy atom. The third kappa shape index (κ3) is 3.67. The van der Waals surface area contributed by atoms with Crippen molar-refractivity contribution in [2.24, 2.45) is 0 Å². The summed E-state index contributed by atoms with van der Waals surface area (Å²) < 4.78 is 25.7. The Labute approximate surface area is 153 Å². The zero-order valence-corrected chi connectivity index (χ0v) is 16.5. The van der Waals surface area contributed by atoms with Gasteiger partial charge in [-0.25, -0.2) is 8.42 Å². The zero-order chi connectivity index (χ0) is 18.2. The number of aryl methyl sites for hydroxylation is 1. The molecule has 1 atom stereocenters. The molecule has 0 aromatic carbocycles. The van der Waals surface area contributed by atoms with Crippen LogP contribution in [0.4, 0.5) is 0 Å². The van der Waals surface area contributed by atoms with Crippen molar-refractivity contribution in [1.29, 1.82) is 0 Å². The zero-order valence-electron chi connectivity index (χ0n) is 14.9. The molecule has 3 heterocycles. The highest BCUT2D eigenvalue weighted by Crippen LogP contribution is 2.24. The van der Waals surface area contributed by atoms with Crippen LogP contribution in [0.25, 0.3) is 0 Å². The molecule has 0 N–H and O–H groups in total. The first-order valence-corrected chi connectivity index (χ1v) is 11.2. The maximum absolute atomic E-state index is 13.1. The van der Waals surface area contributed by atoms with Crippen LogP contribution in [0.5, 0.6) is 0 Å². The number of carbonyl (C=O) groups excluding carboxylic acids is 1. The van der Waals surface area contributed by atoms with Crippen molar-refractivity contribution in [3.05, 3.63) is 45.4 Å². The second kappa shape index (κ2) is 6.96. The number of amides is 1. The van der Waals surface area contributed by atoms with Crippen LogP contribution in [0.15, 0.2) is 23.6 Å². The molecule has 0 spiro atoms. The number of thiophene rings is 1. The molecule has 2 aromatic heterocycles. The first-order valence-electron chi connectivity index (χ1n) is 8.53. The average molecular weight is 381 g/mol. The van der Waals surface area contributed by atoms with E-state index in [4.69, 9.17) is 0 Å². The van der Waals surface area contributed by atoms with E-state index in [1.165, 1.54) is 4.88 Å². The van der Waals surface area contributed by atoms with Crippen LogP contribution >= 0.6 is 11.3 Å². The number of hydrogen-bond donors (Lipinski definition) is 0. The van der Waals surface area contributed by atoms with E-state index in [1.807, 2.05) is 32.9 Å². The fraction of sp³-hybridized carbons (Fsp3) is 0.500. The third-order valence-corrected chi connectivity index (χ3v) is 7.56. The van der Waals surface area contributed by atoms with Crippen LogP contribution in [0.2, 0.25) is 0 Å². The summed E-state index contributed by atoms with van der Waals surface area (Å²) in [6.45, 7) is 7.16. The van der Waals surface area contributed by atoms with Gasteiger partial charge in [-0.15, -0.1) is 11.3 Å². The van der Waals surface area contributed by atoms with Gasteiger partial charge in [-0.05, 0) is 44.7 Å². The first-order chi connectivity index (χ1) is 11.8. The Morgan fingerprint density at radius 1 is 1.40 bits per heavy atom. The number of rotatable bonds is 5. The number of sulfone groups is 1. The lowest BCUT2D eigenvalue weighted by molar-refractivity contribution is 0.0707. The van der Waals surface area contributed by atoms with E-state index in [1.54, 1.807) is 16.2 Å². The summed E-state index contributed by atoms with van der Waals surface area (Å²) in [6, 6.07) is 5.84. The molecule has 1 aliphatic heterocycles. The fourth-order valence-electron chi connectivity index (χ4n) is 3.56. The van der Waals surface area contributed by atoms with Crippen molar-refractivity contribution in [2.45, 2.75) is 39.8 Å². The predicted molar refractivity (Wildman–Crippen MR) is 101 cm³/mol. The molecule has 25 heavy (non-hydrogen) atoms. The largest absolute Gasteiger partial charge is 0.343 e. The Bertz CT molecular complexity index is 867. The van der Waals surface area contributed by atoms with E-state index in [0.717, 1.165) is 17.9 Å². The molecule has 1 aliphatic rings. The lowest BCUT2D eigenvalue weighted by Crippen LogP contribution is -2.41. The Hall–Kier alpha value is -1.60. The Morgan fingerprint density at radius 2 is 2.16 bits per heavy atom. The number of nitrogens with zero attached hydrogens (tertiary/aromatic N) is 2. The van der Waals surface area contributed by atoms with Crippen molar-refractivity contribution in [1.82, 2.24) is 9.47 Å². The molecule has 3 rings (SSSR count). The van der Waals surface area contributed by atoms with Gasteiger partial charge >= 0.3 is 0 Å². The molecule has 1 amide bonds. The first kappa shape index (κ1) is 18.2. The monoisotopic (exact) mass is 380 g/mol. The Kier molecular flexibility index (Phi) is 5.06. The minimum atomic E-state index is -3.01. The number of hydrogen-bond acceptors (Lipinski definition) is 4. The summed E-state index contributed by atoms with van der Waals surface area (Å²) in [5.41, 5.74) is 2.67. The van der Waals surface area contributed by atoms with Gasteiger partial charge in [-0.2, -0.15) is 0 Å². The normalized spacial score (nSPS) is 19.2. The lowest BCUT2D eigenvalue weighted by Gasteiger charge is -2.27. The van der Waals surface area contributed by atoms with Gasteiger partial charge in [0.2, 0.25) is 0 Å². The van der Waals surface area contributed by atoms with Gasteiger partial charge in [0.25, 0.3) is 5.91 Å². The summed E-state index contributed by atoms with van der Waals surface area (Å²) in [5, 5.41) is 2.05. The van der Waals surface area contributed by atoms with Crippen molar-refractivity contribution < 1.29 is 13.2 Å². The molecule has 1 fully saturated rings. The summed E-state index contributed by atoms with van der Waals surface area (Å²) in [7, 11) is -3.01. The topological polar surface area (TPSA) is 59.4 Å². The summed E-state index contributed by atoms with van der Waals surface area (Å²) in [4.78, 5) is 16.1. The van der Waals surface area contributed by atoms with Crippen molar-refractivity contribution in [2.75, 3.05) is 18.1 Å². The van der Waals surface area contributed by atoms with Crippen LogP contribution in [0.3, 0.4) is 0 Å². The van der Waals surface area contributed by atoms with Gasteiger partial charge in [-0.1, -0.05) is 6.07 Å². The van der Waals surface area contributed by atoms with Crippen LogP contribution in [0.1, 0.15) is 40.0 Å². The van der Waals surface area contributed by atoms with Gasteiger partial charge in [0.1, 0.15) is 0 Å². The molecular formula is C18H24N2O3S2. The summed E-state index contributed by atoms with van der Waals surface area (Å²) in [5.74, 6) is 0.203. The maximum Gasteiger partial charge on any atom is 0.255 e. The second-order valence-electron chi connectivity index (χ2n) is 6.60. The van der Waals surface area contributed by atoms with E-state index >= 15 is 0 Å². The lowest BCUT2D eigenvalue weighted by atomic mass is 10.1. The molecule has 7 heteroatoms. The van der Waals surface area contributed by atoms with E-state index < -0.39 is 9.84 Å². The SMILES string of the molecule is CCN(C(=O)c1cc(C)n(Cc2cccs2)c1C)C1CCS(=O)(=O)C1. The van der Waals surface area contributed by atoms with Gasteiger partial charge in [0.15, 0.2) is 9.84 Å². The number of carbonyl (C=O) groups is 1. The van der Waals surface area contributed by atoms with E-state index in [9.17, 15) is 13.2 Å². The quantitative estimate of drug-likeness (QED) is 0.801. The Balaban J connectivity index is 1.86. The van der Waals surface area contributed by atoms with Crippen LogP contribution in [-0.4, -0.2) is 47.9 Å². The summed E-state index contributed by atoms with van der Waals surface area (Å²) >= 11 is 1.70. The number of aromatic nitrogens is 1. The smallest absolute Gasteiger partial charge is 0.255 e. The minimum absolute atomic E-state index is 0.0601. The molecule has 0 radical (unpaired) electrons. The average Bonchev–Trinajstić information content (AvgIpc) is 3.25. The molecule has 0 aliphatic carbocycles. The van der Waals surface area contributed by atoms with Crippen molar-refractivity contribution in [3.63, 3.8) is 0 Å². The molecule has 1 saturated heterocycles. The van der Waals surface area contributed by atoms with Gasteiger partial charge < -0.3 is 9.47 Å². The van der Waals surface area contributed by atoms with Crippen molar-refractivity contribution in [3.8, 4) is 0 Å². The third-order valence-electron chi connectivity index (χ3n) is 4.95. The highest BCUT2D eigenvalue weighted by Gasteiger charge is 2.35.